The molecule has 0 fully saturated rings. The van der Waals surface area contributed by atoms with Gasteiger partial charge in [0.05, 0.1) is 0 Å². The highest BCUT2D eigenvalue weighted by Gasteiger charge is 2.13. The van der Waals surface area contributed by atoms with Gasteiger partial charge >= 0.3 is 5.97 Å². The van der Waals surface area contributed by atoms with Gasteiger partial charge in [0.15, 0.2) is 10.8 Å². The van der Waals surface area contributed by atoms with E-state index in [9.17, 15) is 9.59 Å². The van der Waals surface area contributed by atoms with Crippen molar-refractivity contribution in [3.8, 4) is 0 Å². The van der Waals surface area contributed by atoms with Crippen LogP contribution >= 0.6 is 22.9 Å². The molecule has 0 aromatic carbocycles. The van der Waals surface area contributed by atoms with Crippen LogP contribution in [0.2, 0.25) is 0 Å². The highest BCUT2D eigenvalue weighted by atomic mass is 35.5. The van der Waals surface area contributed by atoms with Gasteiger partial charge in [0.2, 0.25) is 5.91 Å². The van der Waals surface area contributed by atoms with Gasteiger partial charge in [-0.1, -0.05) is 0 Å². The Bertz CT molecular complexity index is 364. The molecule has 0 spiro atoms. The zero-order chi connectivity index (χ0) is 10.7. The quantitative estimate of drug-likeness (QED) is 0.775. The fourth-order valence-corrected chi connectivity index (χ4v) is 1.38. The number of anilines is 1. The fourth-order valence-electron chi connectivity index (χ4n) is 0.634. The van der Waals surface area contributed by atoms with Crippen LogP contribution in [0, 0.1) is 0 Å². The van der Waals surface area contributed by atoms with Crippen molar-refractivity contribution in [2.75, 3.05) is 5.32 Å². The number of aromatic nitrogens is 1. The van der Waals surface area contributed by atoms with Gasteiger partial charge in [-0.15, -0.1) is 22.9 Å². The Hall–Kier alpha value is -1.14. The molecule has 2 N–H and O–H groups in total. The van der Waals surface area contributed by atoms with Gasteiger partial charge in [-0.25, -0.2) is 9.78 Å². The molecule has 5 nitrogen and oxygen atoms in total. The van der Waals surface area contributed by atoms with E-state index in [1.807, 2.05) is 0 Å². The summed E-state index contributed by atoms with van der Waals surface area (Å²) in [5, 5.41) is 11.8. The number of carbonyl (C=O) groups is 2. The summed E-state index contributed by atoms with van der Waals surface area (Å²) in [6.07, 6.45) is 0. The van der Waals surface area contributed by atoms with Crippen molar-refractivity contribution in [1.82, 2.24) is 4.98 Å². The maximum absolute atomic E-state index is 11.1. The molecule has 14 heavy (non-hydrogen) atoms. The molecule has 1 aromatic heterocycles. The molecule has 0 aliphatic rings. The Morgan fingerprint density at radius 3 is 2.79 bits per heavy atom. The highest BCUT2D eigenvalue weighted by molar-refractivity contribution is 7.14. The van der Waals surface area contributed by atoms with Crippen LogP contribution in [0.5, 0.6) is 0 Å². The SMILES string of the molecule is CC(Cl)C(=O)Nc1nc(C(=O)O)cs1. The van der Waals surface area contributed by atoms with E-state index in [2.05, 4.69) is 10.3 Å². The van der Waals surface area contributed by atoms with E-state index in [1.54, 1.807) is 0 Å². The number of hydrogen-bond acceptors (Lipinski definition) is 4. The maximum atomic E-state index is 11.1. The number of carboxylic acids is 1. The summed E-state index contributed by atoms with van der Waals surface area (Å²) in [7, 11) is 0. The second-order valence-corrected chi connectivity index (χ2v) is 3.96. The minimum Gasteiger partial charge on any atom is -0.476 e. The minimum atomic E-state index is -1.12. The first-order valence-corrected chi connectivity index (χ1v) is 4.96. The lowest BCUT2D eigenvalue weighted by atomic mass is 10.4. The molecular formula is C7H7ClN2O3S. The van der Waals surface area contributed by atoms with Crippen molar-refractivity contribution in [2.45, 2.75) is 12.3 Å². The van der Waals surface area contributed by atoms with E-state index in [0.29, 0.717) is 0 Å². The monoisotopic (exact) mass is 234 g/mol. The van der Waals surface area contributed by atoms with Crippen LogP contribution < -0.4 is 5.32 Å². The van der Waals surface area contributed by atoms with Gasteiger partial charge in [0, 0.05) is 5.38 Å². The van der Waals surface area contributed by atoms with Crippen molar-refractivity contribution in [3.63, 3.8) is 0 Å². The lowest BCUT2D eigenvalue weighted by Gasteiger charge is -2.01. The van der Waals surface area contributed by atoms with Crippen molar-refractivity contribution < 1.29 is 14.7 Å². The van der Waals surface area contributed by atoms with Crippen LogP contribution in [0.25, 0.3) is 0 Å². The van der Waals surface area contributed by atoms with Gasteiger partial charge in [-0.3, -0.25) is 4.79 Å². The number of nitrogens with one attached hydrogen (secondary N) is 1. The Kier molecular flexibility index (Phi) is 3.43. The summed E-state index contributed by atoms with van der Waals surface area (Å²) in [4.78, 5) is 25.2. The van der Waals surface area contributed by atoms with Crippen LogP contribution in [0.3, 0.4) is 0 Å². The predicted molar refractivity (Wildman–Crippen MR) is 53.0 cm³/mol. The molecule has 1 aromatic rings. The third-order valence-corrected chi connectivity index (χ3v) is 2.27. The lowest BCUT2D eigenvalue weighted by Crippen LogP contribution is -2.20. The number of carbonyl (C=O) groups excluding carboxylic acids is 1. The fraction of sp³-hybridized carbons (Fsp3) is 0.286. The molecule has 1 unspecified atom stereocenters. The molecule has 0 aliphatic heterocycles. The number of rotatable bonds is 3. The van der Waals surface area contributed by atoms with E-state index in [0.717, 1.165) is 11.3 Å². The third kappa shape index (κ3) is 2.68. The molecule has 1 amide bonds. The molecule has 76 valence electrons. The number of thiazole rings is 1. The lowest BCUT2D eigenvalue weighted by molar-refractivity contribution is -0.115. The number of alkyl halides is 1. The number of hydrogen-bond donors (Lipinski definition) is 2. The standard InChI is InChI=1S/C7H7ClN2O3S/c1-3(8)5(11)10-7-9-4(2-14-7)6(12)13/h2-3H,1H3,(H,12,13)(H,9,10,11). The largest absolute Gasteiger partial charge is 0.476 e. The molecule has 1 heterocycles. The smallest absolute Gasteiger partial charge is 0.355 e. The topological polar surface area (TPSA) is 79.3 Å². The number of amides is 1. The van der Waals surface area contributed by atoms with E-state index in [1.165, 1.54) is 12.3 Å². The highest BCUT2D eigenvalue weighted by Crippen LogP contribution is 2.15. The van der Waals surface area contributed by atoms with Crippen molar-refractivity contribution in [3.05, 3.63) is 11.1 Å². The molecule has 1 rings (SSSR count). The van der Waals surface area contributed by atoms with E-state index >= 15 is 0 Å². The van der Waals surface area contributed by atoms with E-state index < -0.39 is 17.3 Å². The van der Waals surface area contributed by atoms with Gasteiger partial charge < -0.3 is 10.4 Å². The first kappa shape index (κ1) is 10.9. The van der Waals surface area contributed by atoms with Gasteiger partial charge in [0.1, 0.15) is 5.38 Å². The van der Waals surface area contributed by atoms with Crippen LogP contribution in [0.1, 0.15) is 17.4 Å². The average Bonchev–Trinajstić information content (AvgIpc) is 2.52. The van der Waals surface area contributed by atoms with Gasteiger partial charge in [-0.05, 0) is 6.92 Å². The second-order valence-electron chi connectivity index (χ2n) is 2.45. The van der Waals surface area contributed by atoms with Crippen LogP contribution in [0.4, 0.5) is 5.13 Å². The summed E-state index contributed by atoms with van der Waals surface area (Å²) in [6.45, 7) is 1.52. The van der Waals surface area contributed by atoms with Crippen LogP contribution in [0.15, 0.2) is 5.38 Å². The average molecular weight is 235 g/mol. The Labute approximate surface area is 88.7 Å². The minimum absolute atomic E-state index is 0.0903. The van der Waals surface area contributed by atoms with Crippen molar-refractivity contribution >= 4 is 39.9 Å². The molecule has 0 saturated heterocycles. The summed E-state index contributed by atoms with van der Waals surface area (Å²) in [5.41, 5.74) is -0.0903. The number of carboxylic acid groups (broad SMARTS) is 1. The normalized spacial score (nSPS) is 12.1. The van der Waals surface area contributed by atoms with Crippen LogP contribution in [-0.2, 0) is 4.79 Å². The molecule has 0 radical (unpaired) electrons. The molecule has 7 heteroatoms. The van der Waals surface area contributed by atoms with Gasteiger partial charge in [-0.2, -0.15) is 0 Å². The Balaban J connectivity index is 2.69. The Morgan fingerprint density at radius 1 is 1.71 bits per heavy atom. The molecular weight excluding hydrogens is 228 g/mol. The van der Waals surface area contributed by atoms with E-state index in [-0.39, 0.29) is 10.8 Å². The van der Waals surface area contributed by atoms with E-state index in [4.69, 9.17) is 16.7 Å². The summed E-state index contributed by atoms with van der Waals surface area (Å²) in [6, 6.07) is 0. The zero-order valence-corrected chi connectivity index (χ0v) is 8.72. The van der Waals surface area contributed by atoms with Crippen LogP contribution in [-0.4, -0.2) is 27.3 Å². The molecule has 1 atom stereocenters. The number of aromatic carboxylic acids is 1. The van der Waals surface area contributed by atoms with Crippen molar-refractivity contribution in [2.24, 2.45) is 0 Å². The second kappa shape index (κ2) is 4.39. The number of halogens is 1. The third-order valence-electron chi connectivity index (χ3n) is 1.31. The zero-order valence-electron chi connectivity index (χ0n) is 7.15. The summed E-state index contributed by atoms with van der Waals surface area (Å²) < 4.78 is 0. The Morgan fingerprint density at radius 2 is 2.36 bits per heavy atom. The molecule has 0 bridgehead atoms. The summed E-state index contributed by atoms with van der Waals surface area (Å²) >= 11 is 6.54. The predicted octanol–water partition coefficient (Wildman–Crippen LogP) is 1.41. The summed E-state index contributed by atoms with van der Waals surface area (Å²) in [5.74, 6) is -1.53. The maximum Gasteiger partial charge on any atom is 0.355 e. The number of nitrogens with zero attached hydrogens (tertiary/aromatic N) is 1. The van der Waals surface area contributed by atoms with Crippen molar-refractivity contribution in [1.29, 1.82) is 0 Å². The molecule has 0 saturated carbocycles. The molecule has 0 aliphatic carbocycles. The van der Waals surface area contributed by atoms with Gasteiger partial charge in [0.25, 0.3) is 0 Å². The first-order valence-electron chi connectivity index (χ1n) is 3.64. The first-order chi connectivity index (χ1) is 6.50.